The highest BCUT2D eigenvalue weighted by Crippen LogP contribution is 2.23. The van der Waals surface area contributed by atoms with Gasteiger partial charge in [-0.3, -0.25) is 19.8 Å². The van der Waals surface area contributed by atoms with Gasteiger partial charge in [0, 0.05) is 29.2 Å². The lowest BCUT2D eigenvalue weighted by molar-refractivity contribution is -0.150. The lowest BCUT2D eigenvalue weighted by Gasteiger charge is -2.34. The van der Waals surface area contributed by atoms with Crippen molar-refractivity contribution in [2.24, 2.45) is 5.73 Å². The van der Waals surface area contributed by atoms with E-state index < -0.39 is 24.0 Å². The van der Waals surface area contributed by atoms with E-state index >= 15 is 0 Å². The number of amidine groups is 1. The van der Waals surface area contributed by atoms with Gasteiger partial charge in [0.05, 0.1) is 13.2 Å². The van der Waals surface area contributed by atoms with Crippen molar-refractivity contribution in [3.63, 3.8) is 0 Å². The van der Waals surface area contributed by atoms with Gasteiger partial charge < -0.3 is 35.8 Å². The molecule has 4 rings (SSSR count). The number of carbonyl (C=O) groups is 3. The molecule has 0 spiro atoms. The maximum Gasteiger partial charge on any atom is 0.259 e. The SMILES string of the molecule is N=C(N)c1ccc(NC(=O)[C@H](O)[C@H]2OCCN(c3ccc(NC(=O)COCc4ccccc4)cc3)C2=O)cc1. The van der Waals surface area contributed by atoms with Crippen LogP contribution in [0, 0.1) is 5.41 Å². The minimum Gasteiger partial charge on any atom is -0.384 e. The third-order valence-corrected chi connectivity index (χ3v) is 5.95. The summed E-state index contributed by atoms with van der Waals surface area (Å²) in [5.74, 6) is -1.80. The first kappa shape index (κ1) is 27.5. The molecule has 0 unspecified atom stereocenters. The van der Waals surface area contributed by atoms with Crippen molar-refractivity contribution in [3.8, 4) is 0 Å². The zero-order valence-electron chi connectivity index (χ0n) is 21.0. The first-order chi connectivity index (χ1) is 18.8. The van der Waals surface area contributed by atoms with Crippen LogP contribution in [0.3, 0.4) is 0 Å². The molecule has 3 aromatic carbocycles. The minimum atomic E-state index is -1.75. The first-order valence-corrected chi connectivity index (χ1v) is 12.2. The normalized spacial score (nSPS) is 15.9. The zero-order valence-corrected chi connectivity index (χ0v) is 21.0. The molecule has 11 heteroatoms. The topological polar surface area (TPSA) is 167 Å². The Morgan fingerprint density at radius 2 is 1.67 bits per heavy atom. The summed E-state index contributed by atoms with van der Waals surface area (Å²) in [7, 11) is 0. The second kappa shape index (κ2) is 12.8. The van der Waals surface area contributed by atoms with Gasteiger partial charge in [0.15, 0.2) is 12.2 Å². The summed E-state index contributed by atoms with van der Waals surface area (Å²) < 4.78 is 10.9. The van der Waals surface area contributed by atoms with E-state index in [4.69, 9.17) is 20.6 Å². The zero-order chi connectivity index (χ0) is 27.8. The number of anilines is 3. The van der Waals surface area contributed by atoms with Gasteiger partial charge in [0.1, 0.15) is 12.4 Å². The van der Waals surface area contributed by atoms with Crippen LogP contribution in [0.5, 0.6) is 0 Å². The van der Waals surface area contributed by atoms with Crippen molar-refractivity contribution in [1.29, 1.82) is 5.41 Å². The largest absolute Gasteiger partial charge is 0.384 e. The van der Waals surface area contributed by atoms with Crippen LogP contribution in [-0.4, -0.2) is 60.6 Å². The van der Waals surface area contributed by atoms with Crippen molar-refractivity contribution in [1.82, 2.24) is 0 Å². The second-order valence-electron chi connectivity index (χ2n) is 8.78. The Labute approximate surface area is 225 Å². The van der Waals surface area contributed by atoms with Gasteiger partial charge in [0.25, 0.3) is 11.8 Å². The average molecular weight is 532 g/mol. The molecule has 3 aromatic rings. The van der Waals surface area contributed by atoms with Crippen molar-refractivity contribution in [2.75, 3.05) is 35.3 Å². The highest BCUT2D eigenvalue weighted by atomic mass is 16.5. The van der Waals surface area contributed by atoms with Gasteiger partial charge in [-0.25, -0.2) is 0 Å². The van der Waals surface area contributed by atoms with E-state index in [1.807, 2.05) is 30.3 Å². The van der Waals surface area contributed by atoms with Crippen LogP contribution >= 0.6 is 0 Å². The molecule has 3 amide bonds. The summed E-state index contributed by atoms with van der Waals surface area (Å²) in [6, 6.07) is 22.3. The second-order valence-corrected chi connectivity index (χ2v) is 8.78. The molecule has 11 nitrogen and oxygen atoms in total. The molecule has 0 saturated carbocycles. The number of rotatable bonds is 10. The summed E-state index contributed by atoms with van der Waals surface area (Å²) in [5, 5.41) is 23.3. The van der Waals surface area contributed by atoms with Crippen LogP contribution in [0.4, 0.5) is 17.1 Å². The number of hydrogen-bond acceptors (Lipinski definition) is 7. The summed E-state index contributed by atoms with van der Waals surface area (Å²) in [6.07, 6.45) is -3.14. The summed E-state index contributed by atoms with van der Waals surface area (Å²) >= 11 is 0. The van der Waals surface area contributed by atoms with E-state index in [2.05, 4.69) is 10.6 Å². The molecule has 1 heterocycles. The number of nitrogens with one attached hydrogen (secondary N) is 3. The summed E-state index contributed by atoms with van der Waals surface area (Å²) in [6.45, 7) is 0.561. The van der Waals surface area contributed by atoms with E-state index in [0.29, 0.717) is 29.2 Å². The van der Waals surface area contributed by atoms with E-state index in [-0.39, 0.29) is 31.5 Å². The molecule has 0 radical (unpaired) electrons. The van der Waals surface area contributed by atoms with E-state index in [0.717, 1.165) is 5.56 Å². The number of carbonyl (C=O) groups excluding carboxylic acids is 3. The maximum absolute atomic E-state index is 13.1. The average Bonchev–Trinajstić information content (AvgIpc) is 2.94. The Balaban J connectivity index is 1.30. The molecule has 1 saturated heterocycles. The van der Waals surface area contributed by atoms with Gasteiger partial charge in [-0.15, -0.1) is 0 Å². The predicted octanol–water partition coefficient (Wildman–Crippen LogP) is 1.86. The molecular formula is C28H29N5O6. The molecule has 0 aromatic heterocycles. The quantitative estimate of drug-likeness (QED) is 0.197. The number of hydrogen-bond donors (Lipinski definition) is 5. The van der Waals surface area contributed by atoms with Crippen LogP contribution < -0.4 is 21.3 Å². The number of amides is 3. The molecule has 2 atom stereocenters. The van der Waals surface area contributed by atoms with Crippen LogP contribution in [-0.2, 0) is 30.5 Å². The van der Waals surface area contributed by atoms with Crippen LogP contribution in [0.2, 0.25) is 0 Å². The maximum atomic E-state index is 13.1. The predicted molar refractivity (Wildman–Crippen MR) is 145 cm³/mol. The Morgan fingerprint density at radius 1 is 1.03 bits per heavy atom. The lowest BCUT2D eigenvalue weighted by atomic mass is 10.1. The fraction of sp³-hybridized carbons (Fsp3) is 0.214. The molecule has 1 aliphatic rings. The number of nitrogen functional groups attached to an aromatic ring is 1. The third kappa shape index (κ3) is 7.26. The number of benzene rings is 3. The van der Waals surface area contributed by atoms with Crippen molar-refractivity contribution in [3.05, 3.63) is 90.0 Å². The number of morpholine rings is 1. The molecule has 6 N–H and O–H groups in total. The van der Waals surface area contributed by atoms with Gasteiger partial charge >= 0.3 is 0 Å². The van der Waals surface area contributed by atoms with Crippen molar-refractivity contribution < 1.29 is 29.0 Å². The van der Waals surface area contributed by atoms with E-state index in [9.17, 15) is 19.5 Å². The number of ether oxygens (including phenoxy) is 2. The minimum absolute atomic E-state index is 0.110. The molecule has 1 fully saturated rings. The molecule has 1 aliphatic heterocycles. The number of aliphatic hydroxyl groups is 1. The molecule has 39 heavy (non-hydrogen) atoms. The van der Waals surface area contributed by atoms with Crippen LogP contribution in [0.25, 0.3) is 0 Å². The molecule has 202 valence electrons. The Kier molecular flexibility index (Phi) is 9.00. The first-order valence-electron chi connectivity index (χ1n) is 12.2. The Morgan fingerprint density at radius 3 is 2.33 bits per heavy atom. The molecular weight excluding hydrogens is 502 g/mol. The lowest BCUT2D eigenvalue weighted by Crippen LogP contribution is -2.55. The van der Waals surface area contributed by atoms with Gasteiger partial charge in [0.2, 0.25) is 5.91 Å². The molecule has 0 bridgehead atoms. The smallest absolute Gasteiger partial charge is 0.259 e. The summed E-state index contributed by atoms with van der Waals surface area (Å²) in [4.78, 5) is 39.3. The standard InChI is InChI=1S/C28H29N5O6/c29-26(30)19-6-8-21(9-7-19)32-27(36)24(35)25-28(37)33(14-15-39-25)22-12-10-20(11-13-22)31-23(34)17-38-16-18-4-2-1-3-5-18/h1-13,24-25,35H,14-17H2,(H3,29,30)(H,31,34)(H,32,36)/t24-,25-/m1/s1. The number of nitrogens with two attached hydrogens (primary N) is 1. The third-order valence-electron chi connectivity index (χ3n) is 5.95. The monoisotopic (exact) mass is 531 g/mol. The Bertz CT molecular complexity index is 1310. The fourth-order valence-corrected chi connectivity index (χ4v) is 3.93. The van der Waals surface area contributed by atoms with Crippen molar-refractivity contribution in [2.45, 2.75) is 18.8 Å². The van der Waals surface area contributed by atoms with E-state index in [1.54, 1.807) is 36.4 Å². The fourth-order valence-electron chi connectivity index (χ4n) is 3.93. The van der Waals surface area contributed by atoms with Crippen molar-refractivity contribution >= 4 is 40.6 Å². The summed E-state index contributed by atoms with van der Waals surface area (Å²) in [5.41, 5.74) is 8.30. The number of aliphatic hydroxyl groups excluding tert-OH is 1. The van der Waals surface area contributed by atoms with E-state index in [1.165, 1.54) is 17.0 Å². The van der Waals surface area contributed by atoms with Gasteiger partial charge in [-0.2, -0.15) is 0 Å². The highest BCUT2D eigenvalue weighted by molar-refractivity contribution is 6.04. The Hall–Kier alpha value is -4.58. The number of nitrogens with zero attached hydrogens (tertiary/aromatic N) is 1. The van der Waals surface area contributed by atoms with Crippen LogP contribution in [0.1, 0.15) is 11.1 Å². The molecule has 0 aliphatic carbocycles. The van der Waals surface area contributed by atoms with Crippen LogP contribution in [0.15, 0.2) is 78.9 Å². The highest BCUT2D eigenvalue weighted by Gasteiger charge is 2.39. The van der Waals surface area contributed by atoms with Gasteiger partial charge in [-0.05, 0) is 54.1 Å². The van der Waals surface area contributed by atoms with Gasteiger partial charge in [-0.1, -0.05) is 30.3 Å².